The fourth-order valence-corrected chi connectivity index (χ4v) is 3.51. The van der Waals surface area contributed by atoms with Crippen molar-refractivity contribution < 1.29 is 14.3 Å². The molecule has 0 bridgehead atoms. The summed E-state index contributed by atoms with van der Waals surface area (Å²) < 4.78 is 5.04. The number of methoxy groups -OCH3 is 1. The van der Waals surface area contributed by atoms with Crippen molar-refractivity contribution >= 4 is 23.2 Å². The molecule has 140 valence electrons. The average molecular weight is 375 g/mol. The van der Waals surface area contributed by atoms with Crippen LogP contribution in [-0.2, 0) is 27.4 Å². The van der Waals surface area contributed by atoms with E-state index in [2.05, 4.69) is 13.0 Å². The molecule has 1 aromatic carbocycles. The summed E-state index contributed by atoms with van der Waals surface area (Å²) in [4.78, 5) is 29.3. The smallest absolute Gasteiger partial charge is 0.242 e. The Morgan fingerprint density at radius 3 is 2.38 bits per heavy atom. The highest BCUT2D eigenvalue weighted by molar-refractivity contribution is 7.10. The van der Waals surface area contributed by atoms with Crippen molar-refractivity contribution in [3.63, 3.8) is 0 Å². The zero-order valence-electron chi connectivity index (χ0n) is 15.6. The zero-order valence-corrected chi connectivity index (χ0v) is 16.4. The molecule has 0 aliphatic rings. The van der Waals surface area contributed by atoms with Crippen molar-refractivity contribution in [3.8, 4) is 0 Å². The first kappa shape index (κ1) is 20.1. The van der Waals surface area contributed by atoms with Crippen LogP contribution in [0.25, 0.3) is 0 Å². The van der Waals surface area contributed by atoms with E-state index in [1.165, 1.54) is 22.3 Å². The molecule has 2 aromatic rings. The number of amides is 2. The molecule has 0 fully saturated rings. The Balaban J connectivity index is 2.14. The molecular weight excluding hydrogens is 348 g/mol. The number of rotatable bonds is 9. The number of nitrogens with zero attached hydrogens (tertiary/aromatic N) is 2. The molecule has 0 saturated carbocycles. The molecule has 1 heterocycles. The summed E-state index contributed by atoms with van der Waals surface area (Å²) in [6, 6.07) is 12.0. The normalized spacial score (nSPS) is 10.6. The number of thiophene rings is 1. The van der Waals surface area contributed by atoms with Gasteiger partial charge in [0.05, 0.1) is 19.7 Å². The van der Waals surface area contributed by atoms with E-state index < -0.39 is 0 Å². The summed E-state index contributed by atoms with van der Waals surface area (Å²) in [5.41, 5.74) is 2.25. The van der Waals surface area contributed by atoms with Gasteiger partial charge in [-0.15, -0.1) is 11.3 Å². The Morgan fingerprint density at radius 1 is 1.08 bits per heavy atom. The Labute approximate surface area is 159 Å². The fraction of sp³-hybridized carbons (Fsp3) is 0.400. The predicted octanol–water partition coefficient (Wildman–Crippen LogP) is 3.08. The number of carbonyl (C=O) groups excluding carboxylic acids is 2. The van der Waals surface area contributed by atoms with Crippen LogP contribution in [0.4, 0.5) is 0 Å². The van der Waals surface area contributed by atoms with Crippen LogP contribution in [0.5, 0.6) is 0 Å². The van der Waals surface area contributed by atoms with E-state index in [4.69, 9.17) is 4.74 Å². The molecule has 0 unspecified atom stereocenters. The minimum absolute atomic E-state index is 0.0621. The quantitative estimate of drug-likeness (QED) is 0.678. The molecule has 0 atom stereocenters. The Kier molecular flexibility index (Phi) is 7.81. The molecule has 0 spiro atoms. The molecule has 0 N–H and O–H groups in total. The molecule has 0 saturated heterocycles. The number of ether oxygens (including phenoxy) is 1. The second-order valence-corrected chi connectivity index (χ2v) is 7.20. The van der Waals surface area contributed by atoms with E-state index in [0.29, 0.717) is 26.2 Å². The van der Waals surface area contributed by atoms with E-state index >= 15 is 0 Å². The molecule has 0 aliphatic carbocycles. The van der Waals surface area contributed by atoms with Gasteiger partial charge in [0.15, 0.2) is 0 Å². The maximum absolute atomic E-state index is 13.0. The van der Waals surface area contributed by atoms with E-state index in [1.54, 1.807) is 18.4 Å². The lowest BCUT2D eigenvalue weighted by molar-refractivity contribution is -0.140. The van der Waals surface area contributed by atoms with Gasteiger partial charge in [0.1, 0.15) is 0 Å². The standard InChI is InChI=1S/C20H26N2O3S/c1-16-9-12-26-19(16)14-22(13-18-7-5-4-6-8-18)20(24)15-21(17(2)23)10-11-25-3/h4-9,12H,10-11,13-15H2,1-3H3. The third kappa shape index (κ3) is 5.97. The van der Waals surface area contributed by atoms with Gasteiger partial charge in [-0.05, 0) is 29.5 Å². The summed E-state index contributed by atoms with van der Waals surface area (Å²) in [7, 11) is 1.58. The van der Waals surface area contributed by atoms with Crippen molar-refractivity contribution in [2.75, 3.05) is 26.8 Å². The van der Waals surface area contributed by atoms with Crippen molar-refractivity contribution in [1.29, 1.82) is 0 Å². The third-order valence-corrected chi connectivity index (χ3v) is 5.22. The Morgan fingerprint density at radius 2 is 1.81 bits per heavy atom. The summed E-state index contributed by atoms with van der Waals surface area (Å²) in [5, 5.41) is 2.04. The van der Waals surface area contributed by atoms with Crippen molar-refractivity contribution in [3.05, 3.63) is 57.8 Å². The van der Waals surface area contributed by atoms with Gasteiger partial charge < -0.3 is 14.5 Å². The van der Waals surface area contributed by atoms with Crippen LogP contribution in [0.15, 0.2) is 41.8 Å². The van der Waals surface area contributed by atoms with E-state index in [-0.39, 0.29) is 18.4 Å². The van der Waals surface area contributed by atoms with E-state index in [1.807, 2.05) is 40.6 Å². The van der Waals surface area contributed by atoms with Crippen LogP contribution >= 0.6 is 11.3 Å². The first-order chi connectivity index (χ1) is 12.5. The summed E-state index contributed by atoms with van der Waals surface area (Å²) in [6.07, 6.45) is 0. The number of benzene rings is 1. The van der Waals surface area contributed by atoms with Gasteiger partial charge in [0.2, 0.25) is 11.8 Å². The molecule has 6 heteroatoms. The first-order valence-electron chi connectivity index (χ1n) is 8.60. The van der Waals surface area contributed by atoms with Crippen molar-refractivity contribution in [1.82, 2.24) is 9.80 Å². The topological polar surface area (TPSA) is 49.9 Å². The second-order valence-electron chi connectivity index (χ2n) is 6.20. The van der Waals surface area contributed by atoms with Crippen LogP contribution in [0.3, 0.4) is 0 Å². The van der Waals surface area contributed by atoms with Crippen molar-refractivity contribution in [2.24, 2.45) is 0 Å². The monoisotopic (exact) mass is 374 g/mol. The Bertz CT molecular complexity index is 715. The maximum atomic E-state index is 13.0. The SMILES string of the molecule is COCCN(CC(=O)N(Cc1ccccc1)Cc1sccc1C)C(C)=O. The van der Waals surface area contributed by atoms with E-state index in [9.17, 15) is 9.59 Å². The van der Waals surface area contributed by atoms with Gasteiger partial charge in [-0.1, -0.05) is 30.3 Å². The van der Waals surface area contributed by atoms with Gasteiger partial charge in [-0.3, -0.25) is 9.59 Å². The van der Waals surface area contributed by atoms with Crippen LogP contribution in [0.1, 0.15) is 22.9 Å². The molecule has 26 heavy (non-hydrogen) atoms. The van der Waals surface area contributed by atoms with Crippen molar-refractivity contribution in [2.45, 2.75) is 26.9 Å². The number of hydrogen-bond donors (Lipinski definition) is 0. The van der Waals surface area contributed by atoms with Crippen LogP contribution in [-0.4, -0.2) is 48.4 Å². The average Bonchev–Trinajstić information content (AvgIpc) is 3.03. The molecule has 2 amide bonds. The second kappa shape index (κ2) is 10.1. The van der Waals surface area contributed by atoms with Gasteiger partial charge in [-0.25, -0.2) is 0 Å². The van der Waals surface area contributed by atoms with Gasteiger partial charge in [0.25, 0.3) is 0 Å². The fourth-order valence-electron chi connectivity index (χ4n) is 2.59. The third-order valence-electron chi connectivity index (χ3n) is 4.21. The molecular formula is C20H26N2O3S. The van der Waals surface area contributed by atoms with E-state index in [0.717, 1.165) is 5.56 Å². The van der Waals surface area contributed by atoms with Crippen LogP contribution in [0.2, 0.25) is 0 Å². The number of hydrogen-bond acceptors (Lipinski definition) is 4. The molecule has 0 radical (unpaired) electrons. The number of aryl methyl sites for hydroxylation is 1. The Hall–Kier alpha value is -2.18. The summed E-state index contributed by atoms with van der Waals surface area (Å²) in [6.45, 7) is 5.49. The number of carbonyl (C=O) groups is 2. The molecule has 1 aromatic heterocycles. The first-order valence-corrected chi connectivity index (χ1v) is 9.48. The highest BCUT2D eigenvalue weighted by Gasteiger charge is 2.20. The summed E-state index contributed by atoms with van der Waals surface area (Å²) >= 11 is 1.65. The van der Waals surface area contributed by atoms with Crippen LogP contribution < -0.4 is 0 Å². The lowest BCUT2D eigenvalue weighted by Gasteiger charge is -2.27. The lowest BCUT2D eigenvalue weighted by atomic mass is 10.2. The van der Waals surface area contributed by atoms with Gasteiger partial charge in [-0.2, -0.15) is 0 Å². The molecule has 5 nitrogen and oxygen atoms in total. The van der Waals surface area contributed by atoms with Gasteiger partial charge >= 0.3 is 0 Å². The predicted molar refractivity (Wildman–Crippen MR) is 104 cm³/mol. The van der Waals surface area contributed by atoms with Crippen LogP contribution in [0, 0.1) is 6.92 Å². The lowest BCUT2D eigenvalue weighted by Crippen LogP contribution is -2.42. The molecule has 2 rings (SSSR count). The zero-order chi connectivity index (χ0) is 18.9. The maximum Gasteiger partial charge on any atom is 0.242 e. The summed E-state index contributed by atoms with van der Waals surface area (Å²) in [5.74, 6) is -0.185. The largest absolute Gasteiger partial charge is 0.383 e. The highest BCUT2D eigenvalue weighted by atomic mass is 32.1. The minimum atomic E-state index is -0.123. The van der Waals surface area contributed by atoms with Gasteiger partial charge in [0, 0.05) is 32.0 Å². The highest BCUT2D eigenvalue weighted by Crippen LogP contribution is 2.19. The molecule has 0 aliphatic heterocycles. The minimum Gasteiger partial charge on any atom is -0.383 e.